The first-order valence-corrected chi connectivity index (χ1v) is 11.4. The van der Waals surface area contributed by atoms with E-state index in [0.717, 1.165) is 32.5 Å². The van der Waals surface area contributed by atoms with Crippen LogP contribution in [0.1, 0.15) is 51.6 Å². The van der Waals surface area contributed by atoms with Crippen LogP contribution in [-0.2, 0) is 0 Å². The minimum Gasteiger partial charge on any atom is -0.363 e. The predicted octanol–water partition coefficient (Wildman–Crippen LogP) is 6.04. The SMILES string of the molecule is O=C(NC1c2ccccc2-c2ccccc21)c1cnn2c1NC(c1ccccc1)CC2C(F)(F)F. The maximum absolute atomic E-state index is 14.0. The molecule has 0 saturated carbocycles. The smallest absolute Gasteiger partial charge is 0.363 e. The van der Waals surface area contributed by atoms with Gasteiger partial charge in [-0.2, -0.15) is 18.3 Å². The van der Waals surface area contributed by atoms with Crippen molar-refractivity contribution in [3.8, 4) is 11.1 Å². The van der Waals surface area contributed by atoms with E-state index in [0.29, 0.717) is 0 Å². The van der Waals surface area contributed by atoms with Gasteiger partial charge in [0.2, 0.25) is 0 Å². The Bertz CT molecular complexity index is 1370. The van der Waals surface area contributed by atoms with Gasteiger partial charge in [-0.05, 0) is 27.8 Å². The molecule has 0 spiro atoms. The second-order valence-electron chi connectivity index (χ2n) is 8.83. The molecular weight excluding hydrogens is 453 g/mol. The van der Waals surface area contributed by atoms with Crippen LogP contribution in [0.5, 0.6) is 0 Å². The molecule has 6 rings (SSSR count). The van der Waals surface area contributed by atoms with Crippen molar-refractivity contribution >= 4 is 11.7 Å². The molecule has 1 aliphatic carbocycles. The Labute approximate surface area is 199 Å². The molecule has 35 heavy (non-hydrogen) atoms. The van der Waals surface area contributed by atoms with E-state index in [1.54, 1.807) is 24.3 Å². The van der Waals surface area contributed by atoms with Gasteiger partial charge in [0, 0.05) is 6.42 Å². The van der Waals surface area contributed by atoms with Gasteiger partial charge in [0.1, 0.15) is 11.4 Å². The van der Waals surface area contributed by atoms with Crippen LogP contribution in [-0.4, -0.2) is 21.9 Å². The largest absolute Gasteiger partial charge is 0.410 e. The minimum atomic E-state index is -4.51. The van der Waals surface area contributed by atoms with E-state index in [9.17, 15) is 18.0 Å². The van der Waals surface area contributed by atoms with E-state index in [1.165, 1.54) is 6.20 Å². The average molecular weight is 474 g/mol. The Balaban J connectivity index is 1.37. The van der Waals surface area contributed by atoms with E-state index < -0.39 is 30.2 Å². The molecule has 1 aliphatic heterocycles. The molecule has 2 atom stereocenters. The maximum atomic E-state index is 14.0. The molecule has 3 aromatic carbocycles. The van der Waals surface area contributed by atoms with E-state index in [4.69, 9.17) is 0 Å². The summed E-state index contributed by atoms with van der Waals surface area (Å²) in [7, 11) is 0. The number of alkyl halides is 3. The van der Waals surface area contributed by atoms with Gasteiger partial charge in [-0.25, -0.2) is 4.68 Å². The van der Waals surface area contributed by atoms with E-state index >= 15 is 0 Å². The van der Waals surface area contributed by atoms with Gasteiger partial charge in [0.15, 0.2) is 6.04 Å². The normalized spacial score (nSPS) is 18.8. The summed E-state index contributed by atoms with van der Waals surface area (Å²) in [5, 5.41) is 10.2. The first kappa shape index (κ1) is 21.5. The average Bonchev–Trinajstić information content (AvgIpc) is 3.43. The second-order valence-corrected chi connectivity index (χ2v) is 8.83. The Kier molecular flexibility index (Phi) is 4.91. The second kappa shape index (κ2) is 8.01. The third kappa shape index (κ3) is 3.56. The zero-order chi connectivity index (χ0) is 24.2. The molecule has 0 radical (unpaired) electrons. The number of rotatable bonds is 3. The third-order valence-electron chi connectivity index (χ3n) is 6.79. The highest BCUT2D eigenvalue weighted by atomic mass is 19.4. The number of benzene rings is 3. The lowest BCUT2D eigenvalue weighted by Gasteiger charge is -2.34. The highest BCUT2D eigenvalue weighted by Crippen LogP contribution is 2.45. The van der Waals surface area contributed by atoms with Crippen LogP contribution in [0.15, 0.2) is 85.1 Å². The zero-order valence-corrected chi connectivity index (χ0v) is 18.5. The molecule has 0 fully saturated rings. The summed E-state index contributed by atoms with van der Waals surface area (Å²) in [5.41, 5.74) is 4.77. The van der Waals surface area contributed by atoms with Crippen molar-refractivity contribution in [2.45, 2.75) is 30.7 Å². The molecule has 176 valence electrons. The van der Waals surface area contributed by atoms with E-state index in [1.807, 2.05) is 54.6 Å². The minimum absolute atomic E-state index is 0.0736. The van der Waals surface area contributed by atoms with Crippen LogP contribution < -0.4 is 10.6 Å². The van der Waals surface area contributed by atoms with Crippen LogP contribution in [0.25, 0.3) is 11.1 Å². The van der Waals surface area contributed by atoms with Crippen LogP contribution in [0.2, 0.25) is 0 Å². The number of nitrogens with one attached hydrogen (secondary N) is 2. The van der Waals surface area contributed by atoms with Crippen molar-refractivity contribution < 1.29 is 18.0 Å². The summed E-state index contributed by atoms with van der Waals surface area (Å²) in [6.45, 7) is 0. The Morgan fingerprint density at radius 1 is 0.914 bits per heavy atom. The fraction of sp³-hybridized carbons (Fsp3) is 0.185. The van der Waals surface area contributed by atoms with Gasteiger partial charge in [-0.1, -0.05) is 78.9 Å². The zero-order valence-electron chi connectivity index (χ0n) is 18.5. The Morgan fingerprint density at radius 3 is 2.14 bits per heavy atom. The number of amides is 1. The van der Waals surface area contributed by atoms with E-state index in [2.05, 4.69) is 15.7 Å². The van der Waals surface area contributed by atoms with Crippen molar-refractivity contribution in [1.82, 2.24) is 15.1 Å². The van der Waals surface area contributed by atoms with Crippen molar-refractivity contribution in [2.24, 2.45) is 0 Å². The van der Waals surface area contributed by atoms with Gasteiger partial charge in [0.05, 0.1) is 18.3 Å². The molecule has 1 amide bonds. The van der Waals surface area contributed by atoms with E-state index in [-0.39, 0.29) is 17.8 Å². The summed E-state index contributed by atoms with van der Waals surface area (Å²) in [6, 6.07) is 21.7. The number of fused-ring (bicyclic) bond motifs is 4. The van der Waals surface area contributed by atoms with Crippen LogP contribution in [0, 0.1) is 0 Å². The molecule has 4 aromatic rings. The highest BCUT2D eigenvalue weighted by molar-refractivity contribution is 6.00. The first-order chi connectivity index (χ1) is 16.9. The summed E-state index contributed by atoms with van der Waals surface area (Å²) < 4.78 is 42.9. The van der Waals surface area contributed by atoms with Gasteiger partial charge in [0.25, 0.3) is 5.91 Å². The standard InChI is InChI=1S/C27H21F3N4O/c28-27(29,30)23-14-22(16-8-2-1-3-9-16)32-25-21(15-31-34(23)25)26(35)33-24-19-12-6-4-10-17(19)18-11-5-7-13-20(18)24/h1-13,15,22-24,32H,14H2,(H,33,35). The summed E-state index contributed by atoms with van der Waals surface area (Å²) in [5.74, 6) is -0.408. The topological polar surface area (TPSA) is 59.0 Å². The van der Waals surface area contributed by atoms with Gasteiger partial charge in [-0.3, -0.25) is 4.79 Å². The van der Waals surface area contributed by atoms with Crippen LogP contribution >= 0.6 is 0 Å². The molecule has 2 unspecified atom stereocenters. The van der Waals surface area contributed by atoms with Crippen molar-refractivity contribution in [2.75, 3.05) is 5.32 Å². The number of halogens is 3. The molecule has 0 bridgehead atoms. The Morgan fingerprint density at radius 2 is 1.51 bits per heavy atom. The fourth-order valence-electron chi connectivity index (χ4n) is 5.15. The predicted molar refractivity (Wildman–Crippen MR) is 126 cm³/mol. The van der Waals surface area contributed by atoms with Gasteiger partial charge >= 0.3 is 6.18 Å². The number of anilines is 1. The summed E-state index contributed by atoms with van der Waals surface area (Å²) in [4.78, 5) is 13.5. The number of hydrogen-bond donors (Lipinski definition) is 2. The molecular formula is C27H21F3N4O. The summed E-state index contributed by atoms with van der Waals surface area (Å²) in [6.07, 6.45) is -3.50. The van der Waals surface area contributed by atoms with Crippen molar-refractivity contribution in [1.29, 1.82) is 0 Å². The maximum Gasteiger partial charge on any atom is 0.410 e. The van der Waals surface area contributed by atoms with Gasteiger partial charge < -0.3 is 10.6 Å². The van der Waals surface area contributed by atoms with Gasteiger partial charge in [-0.15, -0.1) is 0 Å². The Hall–Kier alpha value is -4.07. The lowest BCUT2D eigenvalue weighted by atomic mass is 9.96. The van der Waals surface area contributed by atoms with Crippen LogP contribution in [0.4, 0.5) is 19.0 Å². The molecule has 0 saturated heterocycles. The highest BCUT2D eigenvalue weighted by Gasteiger charge is 2.47. The number of carbonyl (C=O) groups excluding carboxylic acids is 1. The lowest BCUT2D eigenvalue weighted by Crippen LogP contribution is -2.36. The molecule has 1 aromatic heterocycles. The molecule has 2 N–H and O–H groups in total. The molecule has 2 aliphatic rings. The number of carbonyl (C=O) groups is 1. The monoisotopic (exact) mass is 474 g/mol. The number of aromatic nitrogens is 2. The quantitative estimate of drug-likeness (QED) is 0.381. The fourth-order valence-corrected chi connectivity index (χ4v) is 5.15. The molecule has 8 heteroatoms. The lowest BCUT2D eigenvalue weighted by molar-refractivity contribution is -0.173. The summed E-state index contributed by atoms with van der Waals surface area (Å²) >= 11 is 0. The third-order valence-corrected chi connectivity index (χ3v) is 6.79. The molecule has 2 heterocycles. The number of nitrogens with zero attached hydrogens (tertiary/aromatic N) is 2. The van der Waals surface area contributed by atoms with Crippen molar-refractivity contribution in [3.05, 3.63) is 107 Å². The number of hydrogen-bond acceptors (Lipinski definition) is 3. The molecule has 5 nitrogen and oxygen atoms in total. The van der Waals surface area contributed by atoms with Crippen molar-refractivity contribution in [3.63, 3.8) is 0 Å². The first-order valence-electron chi connectivity index (χ1n) is 11.4. The van der Waals surface area contributed by atoms with Crippen LogP contribution in [0.3, 0.4) is 0 Å².